The molecule has 2 aromatic carbocycles. The van der Waals surface area contributed by atoms with Gasteiger partial charge < -0.3 is 16.0 Å². The Labute approximate surface area is 189 Å². The first-order chi connectivity index (χ1) is 13.5. The number of nitrogens with zero attached hydrogens (tertiary/aromatic N) is 1. The SMILES string of the molecule is CCC(C)C(=O)Nc1cccc(CNC(=NC)NCCc2cccc(F)c2)c1.I. The molecule has 1 amide bonds. The number of hydrogen-bond donors (Lipinski definition) is 3. The van der Waals surface area contributed by atoms with Crippen LogP contribution in [0.3, 0.4) is 0 Å². The van der Waals surface area contributed by atoms with Gasteiger partial charge in [0, 0.05) is 31.7 Å². The lowest BCUT2D eigenvalue weighted by molar-refractivity contribution is -0.119. The van der Waals surface area contributed by atoms with E-state index >= 15 is 0 Å². The van der Waals surface area contributed by atoms with Gasteiger partial charge in [-0.05, 0) is 48.2 Å². The Morgan fingerprint density at radius 3 is 2.52 bits per heavy atom. The van der Waals surface area contributed by atoms with E-state index in [1.165, 1.54) is 12.1 Å². The zero-order valence-corrected chi connectivity index (χ0v) is 19.5. The van der Waals surface area contributed by atoms with Crippen molar-refractivity contribution in [2.45, 2.75) is 33.2 Å². The van der Waals surface area contributed by atoms with E-state index in [4.69, 9.17) is 0 Å². The zero-order chi connectivity index (χ0) is 20.4. The molecule has 3 N–H and O–H groups in total. The predicted octanol–water partition coefficient (Wildman–Crippen LogP) is 4.34. The van der Waals surface area contributed by atoms with Gasteiger partial charge in [-0.1, -0.05) is 38.1 Å². The van der Waals surface area contributed by atoms with Crippen LogP contribution in [-0.2, 0) is 17.8 Å². The van der Waals surface area contributed by atoms with Crippen LogP contribution in [0.4, 0.5) is 10.1 Å². The van der Waals surface area contributed by atoms with Gasteiger partial charge in [0.1, 0.15) is 5.82 Å². The number of carbonyl (C=O) groups excluding carboxylic acids is 1. The highest BCUT2D eigenvalue weighted by atomic mass is 127. The summed E-state index contributed by atoms with van der Waals surface area (Å²) in [5.74, 6) is 0.469. The smallest absolute Gasteiger partial charge is 0.227 e. The number of carbonyl (C=O) groups is 1. The molecule has 0 aromatic heterocycles. The van der Waals surface area contributed by atoms with Crippen LogP contribution in [0.2, 0.25) is 0 Å². The molecule has 0 fully saturated rings. The topological polar surface area (TPSA) is 65.5 Å². The molecule has 0 saturated carbocycles. The molecular formula is C22H30FIN4O. The van der Waals surface area contributed by atoms with Gasteiger partial charge in [0.05, 0.1) is 0 Å². The molecular weight excluding hydrogens is 482 g/mol. The lowest BCUT2D eigenvalue weighted by atomic mass is 10.1. The quantitative estimate of drug-likeness (QED) is 0.280. The van der Waals surface area contributed by atoms with Gasteiger partial charge in [-0.2, -0.15) is 0 Å². The highest BCUT2D eigenvalue weighted by molar-refractivity contribution is 14.0. The van der Waals surface area contributed by atoms with E-state index in [1.54, 1.807) is 13.1 Å². The number of nitrogens with one attached hydrogen (secondary N) is 3. The normalized spacial score (nSPS) is 11.9. The van der Waals surface area contributed by atoms with Gasteiger partial charge in [0.15, 0.2) is 5.96 Å². The maximum atomic E-state index is 13.2. The second kappa shape index (κ2) is 13.1. The summed E-state index contributed by atoms with van der Waals surface area (Å²) in [5.41, 5.74) is 2.77. The summed E-state index contributed by atoms with van der Waals surface area (Å²) in [6.45, 7) is 5.14. The Balaban J connectivity index is 0.00000420. The van der Waals surface area contributed by atoms with Crippen molar-refractivity contribution < 1.29 is 9.18 Å². The standard InChI is InChI=1S/C22H29FN4O.HI/c1-4-16(2)21(28)27-20-10-6-8-18(14-20)15-26-22(24-3)25-12-11-17-7-5-9-19(23)13-17;/h5-10,13-14,16H,4,11-12,15H2,1-3H3,(H,27,28)(H2,24,25,26);1H. The highest BCUT2D eigenvalue weighted by Crippen LogP contribution is 2.13. The summed E-state index contributed by atoms with van der Waals surface area (Å²) in [5, 5.41) is 9.42. The van der Waals surface area contributed by atoms with Crippen LogP contribution in [0.25, 0.3) is 0 Å². The third-order valence-electron chi connectivity index (χ3n) is 4.53. The highest BCUT2D eigenvalue weighted by Gasteiger charge is 2.10. The molecule has 1 unspecified atom stereocenters. The first-order valence-electron chi connectivity index (χ1n) is 9.60. The number of rotatable bonds is 8. The fourth-order valence-electron chi connectivity index (χ4n) is 2.63. The van der Waals surface area contributed by atoms with Gasteiger partial charge in [0.2, 0.25) is 5.91 Å². The summed E-state index contributed by atoms with van der Waals surface area (Å²) in [6, 6.07) is 14.3. The van der Waals surface area contributed by atoms with Gasteiger partial charge in [-0.25, -0.2) is 4.39 Å². The largest absolute Gasteiger partial charge is 0.356 e. The minimum absolute atomic E-state index is 0. The number of hydrogen-bond acceptors (Lipinski definition) is 2. The number of guanidine groups is 1. The summed E-state index contributed by atoms with van der Waals surface area (Å²) in [6.07, 6.45) is 1.51. The van der Waals surface area contributed by atoms with Crippen molar-refractivity contribution in [1.29, 1.82) is 0 Å². The number of benzene rings is 2. The molecule has 0 heterocycles. The van der Waals surface area contributed by atoms with Gasteiger partial charge in [-0.3, -0.25) is 9.79 Å². The van der Waals surface area contributed by atoms with Crippen molar-refractivity contribution in [2.24, 2.45) is 10.9 Å². The van der Waals surface area contributed by atoms with Crippen LogP contribution < -0.4 is 16.0 Å². The fourth-order valence-corrected chi connectivity index (χ4v) is 2.63. The van der Waals surface area contributed by atoms with Crippen LogP contribution in [-0.4, -0.2) is 25.5 Å². The molecule has 5 nitrogen and oxygen atoms in total. The fraction of sp³-hybridized carbons (Fsp3) is 0.364. The van der Waals surface area contributed by atoms with Crippen molar-refractivity contribution in [3.05, 3.63) is 65.5 Å². The van der Waals surface area contributed by atoms with E-state index in [2.05, 4.69) is 20.9 Å². The minimum Gasteiger partial charge on any atom is -0.356 e. The lowest BCUT2D eigenvalue weighted by Gasteiger charge is -2.14. The monoisotopic (exact) mass is 512 g/mol. The molecule has 1 atom stereocenters. The molecule has 29 heavy (non-hydrogen) atoms. The summed E-state index contributed by atoms with van der Waals surface area (Å²) < 4.78 is 13.2. The van der Waals surface area contributed by atoms with Crippen LogP contribution in [0.15, 0.2) is 53.5 Å². The Bertz CT molecular complexity index is 813. The van der Waals surface area contributed by atoms with Crippen molar-refractivity contribution >= 4 is 41.5 Å². The second-order valence-corrected chi connectivity index (χ2v) is 6.73. The Kier molecular flexibility index (Phi) is 11.3. The first-order valence-corrected chi connectivity index (χ1v) is 9.60. The number of amides is 1. The van der Waals surface area contributed by atoms with E-state index in [0.717, 1.165) is 23.2 Å². The molecule has 2 rings (SSSR count). The Morgan fingerprint density at radius 1 is 1.10 bits per heavy atom. The molecule has 0 aliphatic carbocycles. The second-order valence-electron chi connectivity index (χ2n) is 6.73. The van der Waals surface area contributed by atoms with E-state index < -0.39 is 0 Å². The maximum Gasteiger partial charge on any atom is 0.227 e. The summed E-state index contributed by atoms with van der Waals surface area (Å²) in [7, 11) is 1.71. The van der Waals surface area contributed by atoms with Gasteiger partial charge >= 0.3 is 0 Å². The van der Waals surface area contributed by atoms with Crippen LogP contribution >= 0.6 is 24.0 Å². The molecule has 0 saturated heterocycles. The molecule has 158 valence electrons. The van der Waals surface area contributed by atoms with Crippen LogP contribution in [0.1, 0.15) is 31.4 Å². The van der Waals surface area contributed by atoms with Crippen LogP contribution in [0.5, 0.6) is 0 Å². The molecule has 0 radical (unpaired) electrons. The average molecular weight is 512 g/mol. The minimum atomic E-state index is -0.222. The zero-order valence-electron chi connectivity index (χ0n) is 17.2. The molecule has 2 aromatic rings. The van der Waals surface area contributed by atoms with Crippen molar-refractivity contribution in [2.75, 3.05) is 18.9 Å². The first kappa shape index (κ1) is 24.9. The predicted molar refractivity (Wildman–Crippen MR) is 128 cm³/mol. The Morgan fingerprint density at radius 2 is 1.83 bits per heavy atom. The van der Waals surface area contributed by atoms with E-state index in [0.29, 0.717) is 25.5 Å². The van der Waals surface area contributed by atoms with Gasteiger partial charge in [0.25, 0.3) is 0 Å². The number of halogens is 2. The Hall–Kier alpha value is -2.16. The van der Waals surface area contributed by atoms with Crippen molar-refractivity contribution in [3.63, 3.8) is 0 Å². The maximum absolute atomic E-state index is 13.2. The molecule has 0 spiro atoms. The number of anilines is 1. The molecule has 0 aliphatic heterocycles. The summed E-state index contributed by atoms with van der Waals surface area (Å²) >= 11 is 0. The lowest BCUT2D eigenvalue weighted by Crippen LogP contribution is -2.37. The van der Waals surface area contributed by atoms with E-state index in [-0.39, 0.29) is 41.6 Å². The van der Waals surface area contributed by atoms with Crippen molar-refractivity contribution in [1.82, 2.24) is 10.6 Å². The third-order valence-corrected chi connectivity index (χ3v) is 4.53. The number of aliphatic imine (C=N–C) groups is 1. The molecule has 7 heteroatoms. The molecule has 0 bridgehead atoms. The summed E-state index contributed by atoms with van der Waals surface area (Å²) in [4.78, 5) is 16.3. The van der Waals surface area contributed by atoms with E-state index in [9.17, 15) is 9.18 Å². The van der Waals surface area contributed by atoms with Crippen LogP contribution in [0, 0.1) is 11.7 Å². The third kappa shape index (κ3) is 8.81. The van der Waals surface area contributed by atoms with Gasteiger partial charge in [-0.15, -0.1) is 24.0 Å². The molecule has 0 aliphatic rings. The average Bonchev–Trinajstić information content (AvgIpc) is 2.70. The van der Waals surface area contributed by atoms with Crippen molar-refractivity contribution in [3.8, 4) is 0 Å². The van der Waals surface area contributed by atoms with E-state index in [1.807, 2.05) is 44.2 Å².